The Labute approximate surface area is 193 Å². The number of rotatable bonds is 7. The van der Waals surface area contributed by atoms with E-state index in [0.717, 1.165) is 22.2 Å². The van der Waals surface area contributed by atoms with Crippen molar-refractivity contribution in [3.63, 3.8) is 0 Å². The molecule has 0 aromatic heterocycles. The topological polar surface area (TPSA) is 105 Å². The highest BCUT2D eigenvalue weighted by Crippen LogP contribution is 2.32. The number of imide groups is 1. The van der Waals surface area contributed by atoms with Gasteiger partial charge in [-0.05, 0) is 60.7 Å². The first-order chi connectivity index (χ1) is 15.4. The minimum absolute atomic E-state index is 0.0368. The fraction of sp³-hybridized carbons (Fsp3) is 0.182. The molecule has 1 heterocycles. The number of carbonyl (C=O) groups is 4. The lowest BCUT2D eigenvalue weighted by molar-refractivity contribution is -0.122. The largest absolute Gasteiger partial charge is 0.450 e. The zero-order valence-electron chi connectivity index (χ0n) is 17.1. The molecule has 4 amide bonds. The number of nitrogens with zero attached hydrogens (tertiary/aromatic N) is 1. The van der Waals surface area contributed by atoms with E-state index in [4.69, 9.17) is 16.3 Å². The van der Waals surface area contributed by atoms with Gasteiger partial charge in [0.1, 0.15) is 0 Å². The Morgan fingerprint density at radius 1 is 1.16 bits per heavy atom. The zero-order valence-corrected chi connectivity index (χ0v) is 18.7. The number of benzene rings is 2. The van der Waals surface area contributed by atoms with Gasteiger partial charge >= 0.3 is 6.09 Å². The van der Waals surface area contributed by atoms with E-state index < -0.39 is 23.1 Å². The first-order valence-corrected chi connectivity index (χ1v) is 10.9. The molecule has 8 nitrogen and oxygen atoms in total. The van der Waals surface area contributed by atoms with E-state index >= 15 is 0 Å². The number of amides is 4. The number of ether oxygens (including phenoxy) is 1. The maximum Gasteiger partial charge on any atom is 0.411 e. The van der Waals surface area contributed by atoms with Gasteiger partial charge < -0.3 is 10.1 Å². The highest BCUT2D eigenvalue weighted by Gasteiger charge is 2.34. The van der Waals surface area contributed by atoms with Crippen LogP contribution < -0.4 is 10.6 Å². The molecule has 0 unspecified atom stereocenters. The lowest BCUT2D eigenvalue weighted by Gasteiger charge is -2.13. The third kappa shape index (κ3) is 6.12. The van der Waals surface area contributed by atoms with E-state index in [1.165, 1.54) is 6.07 Å². The number of hydrogen-bond donors (Lipinski definition) is 2. The van der Waals surface area contributed by atoms with Crippen LogP contribution in [0.15, 0.2) is 53.4 Å². The van der Waals surface area contributed by atoms with Crippen LogP contribution in [0.25, 0.3) is 6.08 Å². The van der Waals surface area contributed by atoms with Crippen molar-refractivity contribution in [1.29, 1.82) is 0 Å². The second-order valence-electron chi connectivity index (χ2n) is 6.57. The summed E-state index contributed by atoms with van der Waals surface area (Å²) in [6, 6.07) is 13.2. The minimum atomic E-state index is -0.615. The van der Waals surface area contributed by atoms with Crippen LogP contribution in [-0.4, -0.2) is 47.7 Å². The van der Waals surface area contributed by atoms with Crippen LogP contribution in [0.5, 0.6) is 0 Å². The van der Waals surface area contributed by atoms with Crippen molar-refractivity contribution in [2.24, 2.45) is 0 Å². The lowest BCUT2D eigenvalue weighted by Crippen LogP contribution is -2.37. The van der Waals surface area contributed by atoms with Crippen molar-refractivity contribution in [3.05, 3.63) is 69.6 Å². The summed E-state index contributed by atoms with van der Waals surface area (Å²) in [4.78, 5) is 50.1. The predicted octanol–water partition coefficient (Wildman–Crippen LogP) is 4.37. The summed E-state index contributed by atoms with van der Waals surface area (Å²) in [5, 5.41) is 5.37. The van der Waals surface area contributed by atoms with Crippen molar-refractivity contribution in [1.82, 2.24) is 10.2 Å². The third-order valence-corrected chi connectivity index (χ3v) is 5.47. The number of carbonyl (C=O) groups excluding carboxylic acids is 4. The van der Waals surface area contributed by atoms with Gasteiger partial charge in [0.15, 0.2) is 0 Å². The number of hydrogen-bond acceptors (Lipinski definition) is 6. The van der Waals surface area contributed by atoms with Crippen molar-refractivity contribution in [2.75, 3.05) is 25.0 Å². The maximum atomic E-state index is 12.6. The molecule has 2 N–H and O–H groups in total. The van der Waals surface area contributed by atoms with Gasteiger partial charge in [-0.15, -0.1) is 0 Å². The van der Waals surface area contributed by atoms with E-state index in [1.54, 1.807) is 55.5 Å². The Balaban J connectivity index is 1.55. The highest BCUT2D eigenvalue weighted by atomic mass is 35.5. The number of anilines is 1. The second-order valence-corrected chi connectivity index (χ2v) is 8.00. The van der Waals surface area contributed by atoms with E-state index in [9.17, 15) is 19.2 Å². The molecular weight excluding hydrogens is 454 g/mol. The molecule has 0 saturated carbocycles. The summed E-state index contributed by atoms with van der Waals surface area (Å²) in [5.41, 5.74) is 1.48. The number of thioether (sulfide) groups is 1. The summed E-state index contributed by atoms with van der Waals surface area (Å²) >= 11 is 6.71. The van der Waals surface area contributed by atoms with Gasteiger partial charge in [-0.25, -0.2) is 4.79 Å². The fourth-order valence-corrected chi connectivity index (χ4v) is 3.80. The predicted molar refractivity (Wildman–Crippen MR) is 124 cm³/mol. The molecule has 1 aliphatic heterocycles. The summed E-state index contributed by atoms with van der Waals surface area (Å²) < 4.78 is 4.81. The summed E-state index contributed by atoms with van der Waals surface area (Å²) in [6.45, 7) is 2.04. The molecular formula is C22H20ClN3O5S. The standard InChI is InChI=1S/C22H20ClN3O5S/c1-2-31-21(29)25-17-5-3-4-15(13-17)19(27)24-10-11-26-20(28)18(32-22(26)30)12-14-6-8-16(23)9-7-14/h3-9,12-13H,2,10-11H2,1H3,(H,24,27)(H,25,29). The molecule has 166 valence electrons. The molecule has 2 aromatic carbocycles. The Morgan fingerprint density at radius 2 is 1.91 bits per heavy atom. The molecule has 32 heavy (non-hydrogen) atoms. The first kappa shape index (κ1) is 23.4. The van der Waals surface area contributed by atoms with Crippen LogP contribution in [0.3, 0.4) is 0 Å². The molecule has 2 aromatic rings. The minimum Gasteiger partial charge on any atom is -0.450 e. The summed E-state index contributed by atoms with van der Waals surface area (Å²) in [6.07, 6.45) is 1.01. The molecule has 3 rings (SSSR count). The molecule has 1 saturated heterocycles. The Bertz CT molecular complexity index is 1070. The van der Waals surface area contributed by atoms with Gasteiger partial charge in [0.05, 0.1) is 11.5 Å². The Hall–Kier alpha value is -3.30. The van der Waals surface area contributed by atoms with Crippen LogP contribution in [0, 0.1) is 0 Å². The van der Waals surface area contributed by atoms with E-state index in [0.29, 0.717) is 21.2 Å². The van der Waals surface area contributed by atoms with Crippen LogP contribution >= 0.6 is 23.4 Å². The average molecular weight is 474 g/mol. The van der Waals surface area contributed by atoms with Gasteiger partial charge in [0, 0.05) is 29.4 Å². The lowest BCUT2D eigenvalue weighted by atomic mass is 10.2. The van der Waals surface area contributed by atoms with E-state index in [2.05, 4.69) is 10.6 Å². The van der Waals surface area contributed by atoms with E-state index in [1.807, 2.05) is 0 Å². The molecule has 10 heteroatoms. The molecule has 0 atom stereocenters. The molecule has 1 fully saturated rings. The van der Waals surface area contributed by atoms with Gasteiger partial charge in [-0.1, -0.05) is 29.8 Å². The second kappa shape index (κ2) is 10.8. The summed E-state index contributed by atoms with van der Waals surface area (Å²) in [5.74, 6) is -0.814. The van der Waals surface area contributed by atoms with Crippen LogP contribution in [-0.2, 0) is 9.53 Å². The Kier molecular flexibility index (Phi) is 7.91. The number of nitrogens with one attached hydrogen (secondary N) is 2. The van der Waals surface area contributed by atoms with Crippen molar-refractivity contribution in [2.45, 2.75) is 6.92 Å². The van der Waals surface area contributed by atoms with Crippen molar-refractivity contribution >= 4 is 58.3 Å². The normalized spacial score (nSPS) is 14.6. The van der Waals surface area contributed by atoms with Gasteiger partial charge in [-0.3, -0.25) is 24.6 Å². The smallest absolute Gasteiger partial charge is 0.411 e. The molecule has 0 radical (unpaired) electrons. The van der Waals surface area contributed by atoms with Crippen LogP contribution in [0.1, 0.15) is 22.8 Å². The van der Waals surface area contributed by atoms with Gasteiger partial charge in [0.2, 0.25) is 0 Å². The number of halogens is 1. The molecule has 0 bridgehead atoms. The first-order valence-electron chi connectivity index (χ1n) is 9.70. The zero-order chi connectivity index (χ0) is 23.1. The van der Waals surface area contributed by atoms with Gasteiger partial charge in [-0.2, -0.15) is 0 Å². The molecule has 1 aliphatic rings. The maximum absolute atomic E-state index is 12.6. The van der Waals surface area contributed by atoms with Crippen LogP contribution in [0.2, 0.25) is 5.02 Å². The molecule has 0 aliphatic carbocycles. The van der Waals surface area contributed by atoms with E-state index in [-0.39, 0.29) is 19.7 Å². The van der Waals surface area contributed by atoms with Gasteiger partial charge in [0.25, 0.3) is 17.1 Å². The molecule has 0 spiro atoms. The SMILES string of the molecule is CCOC(=O)Nc1cccc(C(=O)NCCN2C(=O)SC(=Cc3ccc(Cl)cc3)C2=O)c1. The van der Waals surface area contributed by atoms with Crippen LogP contribution in [0.4, 0.5) is 15.3 Å². The fourth-order valence-electron chi connectivity index (χ4n) is 2.81. The Morgan fingerprint density at radius 3 is 2.62 bits per heavy atom. The summed E-state index contributed by atoms with van der Waals surface area (Å²) in [7, 11) is 0. The van der Waals surface area contributed by atoms with Crippen molar-refractivity contribution < 1.29 is 23.9 Å². The third-order valence-electron chi connectivity index (χ3n) is 4.31. The average Bonchev–Trinajstić information content (AvgIpc) is 3.03. The van der Waals surface area contributed by atoms with Crippen molar-refractivity contribution in [3.8, 4) is 0 Å². The quantitative estimate of drug-likeness (QED) is 0.578. The monoisotopic (exact) mass is 473 g/mol. The highest BCUT2D eigenvalue weighted by molar-refractivity contribution is 8.18.